The van der Waals surface area contributed by atoms with E-state index in [4.69, 9.17) is 0 Å². The van der Waals surface area contributed by atoms with Crippen molar-refractivity contribution in [3.8, 4) is 0 Å². The van der Waals surface area contributed by atoms with Crippen LogP contribution in [0.5, 0.6) is 0 Å². The number of hydrogen-bond acceptors (Lipinski definition) is 4. The molecular formula is C15H28ClNO4S. The molecule has 0 aromatic rings. The van der Waals surface area contributed by atoms with Gasteiger partial charge in [0.15, 0.2) is 9.84 Å². The van der Waals surface area contributed by atoms with Crippen molar-refractivity contribution in [2.24, 2.45) is 5.92 Å². The predicted molar refractivity (Wildman–Crippen MR) is 89.3 cm³/mol. The molecule has 0 aromatic heterocycles. The van der Waals surface area contributed by atoms with Crippen LogP contribution in [0.4, 0.5) is 0 Å². The molecular weight excluding hydrogens is 326 g/mol. The van der Waals surface area contributed by atoms with Gasteiger partial charge in [-0.2, -0.15) is 0 Å². The van der Waals surface area contributed by atoms with Crippen LogP contribution in [0.1, 0.15) is 52.4 Å². The van der Waals surface area contributed by atoms with Crippen LogP contribution in [-0.2, 0) is 14.6 Å². The quantitative estimate of drug-likeness (QED) is 0.793. The van der Waals surface area contributed by atoms with Gasteiger partial charge in [-0.3, -0.25) is 9.69 Å². The fourth-order valence-electron chi connectivity index (χ4n) is 3.80. The van der Waals surface area contributed by atoms with E-state index < -0.39 is 21.8 Å². The molecule has 0 aromatic carbocycles. The first-order chi connectivity index (χ1) is 9.83. The first kappa shape index (κ1) is 19.7. The predicted octanol–water partition coefficient (Wildman–Crippen LogP) is 2.34. The van der Waals surface area contributed by atoms with Crippen molar-refractivity contribution in [1.29, 1.82) is 0 Å². The minimum atomic E-state index is -3.03. The van der Waals surface area contributed by atoms with Gasteiger partial charge in [0.1, 0.15) is 6.04 Å². The Morgan fingerprint density at radius 3 is 2.50 bits per heavy atom. The third-order valence-electron chi connectivity index (χ3n) is 5.07. The fraction of sp³-hybridized carbons (Fsp3) is 0.933. The molecule has 0 spiro atoms. The Bertz CT molecular complexity index is 480. The largest absolute Gasteiger partial charge is 0.480 e. The number of carboxylic acid groups (broad SMARTS) is 1. The number of carbonyl (C=O) groups is 1. The van der Waals surface area contributed by atoms with Gasteiger partial charge in [0.25, 0.3) is 0 Å². The number of nitrogens with zero attached hydrogens (tertiary/aromatic N) is 1. The molecule has 1 saturated carbocycles. The Labute approximate surface area is 139 Å². The van der Waals surface area contributed by atoms with Crippen LogP contribution in [0.2, 0.25) is 0 Å². The van der Waals surface area contributed by atoms with Crippen LogP contribution >= 0.6 is 12.4 Å². The summed E-state index contributed by atoms with van der Waals surface area (Å²) in [5, 5.41) is 9.07. The summed E-state index contributed by atoms with van der Waals surface area (Å²) < 4.78 is 23.7. The van der Waals surface area contributed by atoms with Gasteiger partial charge in [0, 0.05) is 12.6 Å². The molecule has 2 fully saturated rings. The van der Waals surface area contributed by atoms with Gasteiger partial charge in [0.05, 0.1) is 11.0 Å². The molecule has 130 valence electrons. The average molecular weight is 354 g/mol. The lowest BCUT2D eigenvalue weighted by Gasteiger charge is -2.33. The van der Waals surface area contributed by atoms with Gasteiger partial charge in [-0.1, -0.05) is 12.8 Å². The van der Waals surface area contributed by atoms with Crippen molar-refractivity contribution in [3.05, 3.63) is 0 Å². The molecule has 1 N–H and O–H groups in total. The van der Waals surface area contributed by atoms with Crippen LogP contribution in [0.15, 0.2) is 0 Å². The van der Waals surface area contributed by atoms with E-state index in [1.807, 2.05) is 0 Å². The Kier molecular flexibility index (Phi) is 7.15. The van der Waals surface area contributed by atoms with Gasteiger partial charge in [-0.25, -0.2) is 8.42 Å². The van der Waals surface area contributed by atoms with Gasteiger partial charge >= 0.3 is 5.97 Å². The molecule has 0 bridgehead atoms. The van der Waals surface area contributed by atoms with E-state index in [-0.39, 0.29) is 23.4 Å². The molecule has 0 amide bonds. The number of likely N-dealkylation sites (tertiary alicyclic amines) is 1. The molecule has 3 atom stereocenters. The lowest BCUT2D eigenvalue weighted by atomic mass is 9.85. The molecule has 1 heterocycles. The van der Waals surface area contributed by atoms with Crippen LogP contribution < -0.4 is 0 Å². The summed E-state index contributed by atoms with van der Waals surface area (Å²) in [6, 6.07) is -0.0681. The molecule has 5 nitrogen and oxygen atoms in total. The zero-order valence-electron chi connectivity index (χ0n) is 13.4. The zero-order chi connectivity index (χ0) is 15.6. The Morgan fingerprint density at radius 1 is 1.27 bits per heavy atom. The second-order valence-corrected chi connectivity index (χ2v) is 9.39. The van der Waals surface area contributed by atoms with Crippen LogP contribution in [0, 0.1) is 5.92 Å². The topological polar surface area (TPSA) is 74.7 Å². The number of carboxylic acids is 1. The number of hydrogen-bond donors (Lipinski definition) is 1. The molecule has 1 aliphatic carbocycles. The molecule has 2 aliphatic rings. The van der Waals surface area contributed by atoms with Crippen LogP contribution in [0.3, 0.4) is 0 Å². The molecule has 2 rings (SSSR count). The number of halogens is 1. The maximum Gasteiger partial charge on any atom is 0.320 e. The van der Waals surface area contributed by atoms with E-state index in [9.17, 15) is 18.3 Å². The summed E-state index contributed by atoms with van der Waals surface area (Å²) in [5.41, 5.74) is 0. The second-order valence-electron chi connectivity index (χ2n) is 6.71. The van der Waals surface area contributed by atoms with Crippen molar-refractivity contribution >= 4 is 28.2 Å². The van der Waals surface area contributed by atoms with Crippen molar-refractivity contribution in [2.45, 2.75) is 69.7 Å². The SMILES string of the molecule is CC(C)S(=O)(=O)CCCN1C(C(=O)O)CC2CCCCC21.Cl. The van der Waals surface area contributed by atoms with E-state index >= 15 is 0 Å². The van der Waals surface area contributed by atoms with Crippen LogP contribution in [0.25, 0.3) is 0 Å². The number of rotatable bonds is 6. The monoisotopic (exact) mass is 353 g/mol. The van der Waals surface area contributed by atoms with Gasteiger partial charge in [-0.15, -0.1) is 12.4 Å². The summed E-state index contributed by atoms with van der Waals surface area (Å²) in [4.78, 5) is 13.5. The minimum absolute atomic E-state index is 0. The smallest absolute Gasteiger partial charge is 0.320 e. The molecule has 22 heavy (non-hydrogen) atoms. The van der Waals surface area contributed by atoms with E-state index in [0.717, 1.165) is 25.7 Å². The summed E-state index contributed by atoms with van der Waals surface area (Å²) in [6.07, 6.45) is 5.81. The summed E-state index contributed by atoms with van der Waals surface area (Å²) in [6.45, 7) is 3.98. The van der Waals surface area contributed by atoms with E-state index in [1.165, 1.54) is 6.42 Å². The highest BCUT2D eigenvalue weighted by atomic mass is 35.5. The van der Waals surface area contributed by atoms with Crippen molar-refractivity contribution < 1.29 is 18.3 Å². The first-order valence-electron chi connectivity index (χ1n) is 8.03. The van der Waals surface area contributed by atoms with Gasteiger partial charge < -0.3 is 5.11 Å². The molecule has 1 aliphatic heterocycles. The number of sulfone groups is 1. The average Bonchev–Trinajstić information content (AvgIpc) is 2.78. The molecule has 0 radical (unpaired) electrons. The van der Waals surface area contributed by atoms with E-state index in [2.05, 4.69) is 4.90 Å². The maximum atomic E-state index is 11.9. The van der Waals surface area contributed by atoms with Crippen molar-refractivity contribution in [2.75, 3.05) is 12.3 Å². The Hall–Kier alpha value is -0.330. The zero-order valence-corrected chi connectivity index (χ0v) is 15.0. The normalized spacial score (nSPS) is 29.1. The highest BCUT2D eigenvalue weighted by molar-refractivity contribution is 7.91. The van der Waals surface area contributed by atoms with Crippen molar-refractivity contribution in [1.82, 2.24) is 4.90 Å². The highest BCUT2D eigenvalue weighted by Gasteiger charge is 2.44. The second kappa shape index (κ2) is 7.97. The molecule has 3 unspecified atom stereocenters. The maximum absolute atomic E-state index is 11.9. The van der Waals surface area contributed by atoms with Gasteiger partial charge in [-0.05, 0) is 45.4 Å². The van der Waals surface area contributed by atoms with E-state index in [0.29, 0.717) is 24.9 Å². The Morgan fingerprint density at radius 2 is 1.91 bits per heavy atom. The first-order valence-corrected chi connectivity index (χ1v) is 9.74. The number of aliphatic carboxylic acids is 1. The van der Waals surface area contributed by atoms with Gasteiger partial charge in [0.2, 0.25) is 0 Å². The third kappa shape index (κ3) is 4.36. The minimum Gasteiger partial charge on any atom is -0.480 e. The Balaban J connectivity index is 0.00000242. The van der Waals surface area contributed by atoms with E-state index in [1.54, 1.807) is 13.8 Å². The lowest BCUT2D eigenvalue weighted by Crippen LogP contribution is -2.43. The summed E-state index contributed by atoms with van der Waals surface area (Å²) in [7, 11) is -3.03. The fourth-order valence-corrected chi connectivity index (χ4v) is 4.80. The third-order valence-corrected chi connectivity index (χ3v) is 7.36. The molecule has 7 heteroatoms. The highest BCUT2D eigenvalue weighted by Crippen LogP contribution is 2.39. The standard InChI is InChI=1S/C15H27NO4S.ClH/c1-11(2)21(19,20)9-5-8-16-13-7-4-3-6-12(13)10-14(16)15(17)18;/h11-14H,3-10H2,1-2H3,(H,17,18);1H. The lowest BCUT2D eigenvalue weighted by molar-refractivity contribution is -0.142. The van der Waals surface area contributed by atoms with Crippen molar-refractivity contribution in [3.63, 3.8) is 0 Å². The number of fused-ring (bicyclic) bond motifs is 1. The molecule has 1 saturated heterocycles. The summed E-state index contributed by atoms with van der Waals surface area (Å²) >= 11 is 0. The van der Waals surface area contributed by atoms with Crippen LogP contribution in [-0.4, -0.2) is 54.0 Å². The summed E-state index contributed by atoms with van der Waals surface area (Å²) in [5.74, 6) is -0.108.